The second kappa shape index (κ2) is 8.12. The molecule has 0 fully saturated rings. The maximum Gasteiger partial charge on any atom is 0.301 e. The first-order valence-electron chi connectivity index (χ1n) is 9.15. The molecular formula is C22H17FN4O3. The van der Waals surface area contributed by atoms with Crippen molar-refractivity contribution in [1.82, 2.24) is 9.78 Å². The summed E-state index contributed by atoms with van der Waals surface area (Å²) in [5, 5.41) is 12.6. The molecule has 0 amide bonds. The molecule has 30 heavy (non-hydrogen) atoms. The van der Waals surface area contributed by atoms with Crippen molar-refractivity contribution in [2.75, 3.05) is 6.61 Å². The molecular weight excluding hydrogens is 387 g/mol. The van der Waals surface area contributed by atoms with Crippen LogP contribution in [0.2, 0.25) is 0 Å². The number of halogens is 1. The van der Waals surface area contributed by atoms with Gasteiger partial charge < -0.3 is 4.74 Å². The van der Waals surface area contributed by atoms with Gasteiger partial charge in [0.25, 0.3) is 5.91 Å². The van der Waals surface area contributed by atoms with E-state index in [4.69, 9.17) is 4.74 Å². The van der Waals surface area contributed by atoms with Crippen molar-refractivity contribution in [3.63, 3.8) is 0 Å². The Morgan fingerprint density at radius 1 is 1.03 bits per heavy atom. The molecule has 0 aliphatic rings. The number of nitrogens with one attached hydrogen (secondary N) is 1. The Morgan fingerprint density at radius 2 is 1.77 bits per heavy atom. The Bertz CT molecular complexity index is 1310. The van der Waals surface area contributed by atoms with Gasteiger partial charge in [-0.3, -0.25) is 14.7 Å². The van der Waals surface area contributed by atoms with Crippen molar-refractivity contribution >= 4 is 28.1 Å². The van der Waals surface area contributed by atoms with Crippen LogP contribution < -0.4 is 10.3 Å². The average molecular weight is 404 g/mol. The number of H-pyrrole nitrogens is 1. The summed E-state index contributed by atoms with van der Waals surface area (Å²) < 4.78 is 19.4. The predicted octanol–water partition coefficient (Wildman–Crippen LogP) is 4.91. The van der Waals surface area contributed by atoms with Crippen molar-refractivity contribution < 1.29 is 13.9 Å². The van der Waals surface area contributed by atoms with Gasteiger partial charge in [0.15, 0.2) is 12.3 Å². The third-order valence-electron chi connectivity index (χ3n) is 4.47. The van der Waals surface area contributed by atoms with Crippen molar-refractivity contribution in [3.05, 3.63) is 88.6 Å². The molecule has 1 N–H and O–H groups in total. The van der Waals surface area contributed by atoms with Crippen molar-refractivity contribution in [3.8, 4) is 5.75 Å². The van der Waals surface area contributed by atoms with E-state index < -0.39 is 17.3 Å². The van der Waals surface area contributed by atoms with E-state index in [0.29, 0.717) is 17.1 Å². The van der Waals surface area contributed by atoms with E-state index >= 15 is 0 Å². The Balaban J connectivity index is 1.49. The zero-order chi connectivity index (χ0) is 21.1. The lowest BCUT2D eigenvalue weighted by atomic mass is 10.1. The summed E-state index contributed by atoms with van der Waals surface area (Å²) in [6.45, 7) is 1.28. The van der Waals surface area contributed by atoms with Crippen LogP contribution in [0.5, 0.6) is 5.75 Å². The van der Waals surface area contributed by atoms with Crippen LogP contribution in [0, 0.1) is 12.7 Å². The molecule has 0 saturated heterocycles. The highest BCUT2D eigenvalue weighted by atomic mass is 19.1. The monoisotopic (exact) mass is 404 g/mol. The third-order valence-corrected chi connectivity index (χ3v) is 4.47. The van der Waals surface area contributed by atoms with Crippen LogP contribution >= 0.6 is 0 Å². The van der Waals surface area contributed by atoms with Crippen LogP contribution in [-0.2, 0) is 0 Å². The highest BCUT2D eigenvalue weighted by Crippen LogP contribution is 2.21. The smallest absolute Gasteiger partial charge is 0.301 e. The first-order chi connectivity index (χ1) is 14.5. The summed E-state index contributed by atoms with van der Waals surface area (Å²) in [7, 11) is 0. The molecule has 0 spiro atoms. The van der Waals surface area contributed by atoms with E-state index in [1.165, 1.54) is 24.3 Å². The number of fused-ring (bicyclic) bond motifs is 1. The number of hydrogen-bond acceptors (Lipinski definition) is 5. The average Bonchev–Trinajstić information content (AvgIpc) is 3.05. The van der Waals surface area contributed by atoms with Crippen LogP contribution in [-0.4, -0.2) is 22.3 Å². The number of ether oxygens (including phenoxy) is 1. The minimum atomic E-state index is -0.634. The molecule has 0 aliphatic heterocycles. The number of azo groups is 1. The maximum absolute atomic E-state index is 13.0. The zero-order valence-corrected chi connectivity index (χ0v) is 16.0. The Morgan fingerprint density at radius 3 is 2.53 bits per heavy atom. The highest BCUT2D eigenvalue weighted by Gasteiger charge is 2.17. The summed E-state index contributed by atoms with van der Waals surface area (Å²) in [4.78, 5) is 25.0. The van der Waals surface area contributed by atoms with Gasteiger partial charge in [0, 0.05) is 0 Å². The maximum atomic E-state index is 13.0. The number of rotatable bonds is 5. The lowest BCUT2D eigenvalue weighted by molar-refractivity contribution is 0.0816. The van der Waals surface area contributed by atoms with Crippen LogP contribution in [0.25, 0.3) is 10.8 Å². The summed E-state index contributed by atoms with van der Waals surface area (Å²) in [6, 6.07) is 18.6. The van der Waals surface area contributed by atoms with Crippen LogP contribution in [0.4, 0.5) is 15.8 Å². The molecule has 0 unspecified atom stereocenters. The minimum absolute atomic E-state index is 0.00150. The van der Waals surface area contributed by atoms with Gasteiger partial charge in [-0.15, -0.1) is 5.11 Å². The van der Waals surface area contributed by atoms with Crippen molar-refractivity contribution in [2.45, 2.75) is 6.92 Å². The first kappa shape index (κ1) is 19.3. The molecule has 7 nitrogen and oxygen atoms in total. The van der Waals surface area contributed by atoms with E-state index in [1.54, 1.807) is 13.0 Å². The fourth-order valence-electron chi connectivity index (χ4n) is 2.91. The van der Waals surface area contributed by atoms with Gasteiger partial charge in [-0.2, -0.15) is 9.80 Å². The number of carbonyl (C=O) groups excluding carboxylic acids is 1. The summed E-state index contributed by atoms with van der Waals surface area (Å²) in [6.07, 6.45) is 0. The normalized spacial score (nSPS) is 11.3. The fraction of sp³-hybridized carbons (Fsp3) is 0.0909. The van der Waals surface area contributed by atoms with Crippen molar-refractivity contribution in [2.24, 2.45) is 10.2 Å². The van der Waals surface area contributed by atoms with Gasteiger partial charge in [-0.1, -0.05) is 30.3 Å². The standard InChI is InChI=1S/C22H17FN4O3/c1-14-21(25-24-18-9-7-17(23)8-10-18)22(29)27(26-14)20(28)13-30-19-11-6-15-4-2-3-5-16(15)12-19/h2-12,26H,13H2,1H3. The quantitative estimate of drug-likeness (QED) is 0.479. The Kier molecular flexibility index (Phi) is 5.21. The number of hydrogen-bond donors (Lipinski definition) is 1. The fourth-order valence-corrected chi connectivity index (χ4v) is 2.91. The summed E-state index contributed by atoms with van der Waals surface area (Å²) in [5.74, 6) is -0.444. The minimum Gasteiger partial charge on any atom is -0.484 e. The largest absolute Gasteiger partial charge is 0.484 e. The number of carbonyl (C=O) groups is 1. The van der Waals surface area contributed by atoms with Crippen LogP contribution in [0.3, 0.4) is 0 Å². The second-order valence-electron chi connectivity index (χ2n) is 6.59. The van der Waals surface area contributed by atoms with E-state index in [-0.39, 0.29) is 12.3 Å². The lowest BCUT2D eigenvalue weighted by Crippen LogP contribution is -2.29. The van der Waals surface area contributed by atoms with E-state index in [9.17, 15) is 14.0 Å². The highest BCUT2D eigenvalue weighted by molar-refractivity contribution is 5.84. The molecule has 4 aromatic rings. The molecule has 0 bridgehead atoms. The van der Waals surface area contributed by atoms with E-state index in [0.717, 1.165) is 15.5 Å². The van der Waals surface area contributed by atoms with Gasteiger partial charge in [0.1, 0.15) is 11.6 Å². The second-order valence-corrected chi connectivity index (χ2v) is 6.59. The van der Waals surface area contributed by atoms with Gasteiger partial charge in [0.2, 0.25) is 0 Å². The van der Waals surface area contributed by atoms with Crippen LogP contribution in [0.15, 0.2) is 81.8 Å². The molecule has 150 valence electrons. The molecule has 0 aliphatic carbocycles. The van der Waals surface area contributed by atoms with Gasteiger partial charge in [0.05, 0.1) is 11.4 Å². The molecule has 3 aromatic carbocycles. The number of aromatic amines is 1. The topological polar surface area (TPSA) is 88.8 Å². The third kappa shape index (κ3) is 4.02. The Hall–Kier alpha value is -4.07. The SMILES string of the molecule is Cc1[nH]n(C(=O)COc2ccc3ccccc3c2)c(=O)c1N=Nc1ccc(F)cc1. The van der Waals surface area contributed by atoms with Gasteiger partial charge in [-0.25, -0.2) is 4.39 Å². The predicted molar refractivity (Wildman–Crippen MR) is 110 cm³/mol. The molecule has 1 aromatic heterocycles. The van der Waals surface area contributed by atoms with Crippen LogP contribution in [0.1, 0.15) is 10.5 Å². The molecule has 0 radical (unpaired) electrons. The summed E-state index contributed by atoms with van der Waals surface area (Å²) >= 11 is 0. The number of aryl methyl sites for hydroxylation is 1. The molecule has 4 rings (SSSR count). The first-order valence-corrected chi connectivity index (χ1v) is 9.15. The lowest BCUT2D eigenvalue weighted by Gasteiger charge is -2.06. The summed E-state index contributed by atoms with van der Waals surface area (Å²) in [5.41, 5.74) is 0.127. The number of aromatic nitrogens is 2. The molecule has 8 heteroatoms. The van der Waals surface area contributed by atoms with E-state index in [2.05, 4.69) is 15.3 Å². The molecule has 0 atom stereocenters. The van der Waals surface area contributed by atoms with Crippen molar-refractivity contribution in [1.29, 1.82) is 0 Å². The molecule has 0 saturated carbocycles. The zero-order valence-electron chi connectivity index (χ0n) is 16.0. The Labute approximate surface area is 170 Å². The van der Waals surface area contributed by atoms with Gasteiger partial charge >= 0.3 is 5.56 Å². The number of benzene rings is 3. The van der Waals surface area contributed by atoms with Gasteiger partial charge in [-0.05, 0) is 54.1 Å². The molecule has 1 heterocycles. The number of nitrogens with zero attached hydrogens (tertiary/aromatic N) is 3. The van der Waals surface area contributed by atoms with E-state index in [1.807, 2.05) is 36.4 Å².